The highest BCUT2D eigenvalue weighted by molar-refractivity contribution is 6.11. The SMILES string of the molecule is Cc1cc(-c2nc(C)cc3cc(CC(C)C)ccc23)c2oc3ccccc3c2c1. The third kappa shape index (κ3) is 3.09. The Morgan fingerprint density at radius 3 is 2.52 bits per heavy atom. The van der Waals surface area contributed by atoms with Crippen molar-refractivity contribution in [2.45, 2.75) is 34.1 Å². The maximum absolute atomic E-state index is 6.32. The molecule has 0 aliphatic carbocycles. The topological polar surface area (TPSA) is 26.0 Å². The molecule has 0 radical (unpaired) electrons. The van der Waals surface area contributed by atoms with Crippen LogP contribution in [-0.2, 0) is 6.42 Å². The summed E-state index contributed by atoms with van der Waals surface area (Å²) in [6.07, 6.45) is 1.09. The zero-order valence-corrected chi connectivity index (χ0v) is 17.4. The smallest absolute Gasteiger partial charge is 0.144 e. The summed E-state index contributed by atoms with van der Waals surface area (Å²) < 4.78 is 6.32. The van der Waals surface area contributed by atoms with Crippen molar-refractivity contribution in [1.29, 1.82) is 0 Å². The number of fused-ring (bicyclic) bond motifs is 4. The molecule has 0 amide bonds. The molecule has 0 N–H and O–H groups in total. The van der Waals surface area contributed by atoms with Crippen molar-refractivity contribution >= 4 is 32.7 Å². The highest BCUT2D eigenvalue weighted by Gasteiger charge is 2.16. The molecular formula is C27H25NO. The molecule has 2 heterocycles. The van der Waals surface area contributed by atoms with Gasteiger partial charge in [-0.3, -0.25) is 4.98 Å². The Bertz CT molecular complexity index is 1370. The molecule has 0 unspecified atom stereocenters. The predicted molar refractivity (Wildman–Crippen MR) is 122 cm³/mol. The fourth-order valence-electron chi connectivity index (χ4n) is 4.39. The number of nitrogens with zero attached hydrogens (tertiary/aromatic N) is 1. The molecule has 0 bridgehead atoms. The van der Waals surface area contributed by atoms with E-state index in [0.29, 0.717) is 5.92 Å². The Kier molecular flexibility index (Phi) is 4.16. The van der Waals surface area contributed by atoms with E-state index < -0.39 is 0 Å². The molecule has 0 aliphatic heterocycles. The largest absolute Gasteiger partial charge is 0.455 e. The van der Waals surface area contributed by atoms with Crippen LogP contribution >= 0.6 is 0 Å². The maximum Gasteiger partial charge on any atom is 0.144 e. The number of hydrogen-bond acceptors (Lipinski definition) is 2. The van der Waals surface area contributed by atoms with E-state index in [9.17, 15) is 0 Å². The molecule has 0 atom stereocenters. The molecule has 5 rings (SSSR count). The summed E-state index contributed by atoms with van der Waals surface area (Å²) in [4.78, 5) is 4.96. The van der Waals surface area contributed by atoms with Gasteiger partial charge >= 0.3 is 0 Å². The van der Waals surface area contributed by atoms with Crippen molar-refractivity contribution in [3.8, 4) is 11.3 Å². The van der Waals surface area contributed by atoms with Crippen LogP contribution in [0.3, 0.4) is 0 Å². The highest BCUT2D eigenvalue weighted by atomic mass is 16.3. The molecule has 5 aromatic rings. The average Bonchev–Trinajstić information content (AvgIpc) is 3.04. The van der Waals surface area contributed by atoms with Gasteiger partial charge < -0.3 is 4.42 Å². The average molecular weight is 380 g/mol. The van der Waals surface area contributed by atoms with E-state index in [1.807, 2.05) is 12.1 Å². The molecule has 0 aliphatic rings. The molecule has 0 spiro atoms. The van der Waals surface area contributed by atoms with Gasteiger partial charge in [0.25, 0.3) is 0 Å². The van der Waals surface area contributed by atoms with E-state index in [1.165, 1.54) is 21.9 Å². The van der Waals surface area contributed by atoms with Gasteiger partial charge in [0.1, 0.15) is 11.2 Å². The summed E-state index contributed by atoms with van der Waals surface area (Å²) in [5, 5.41) is 4.74. The van der Waals surface area contributed by atoms with Gasteiger partial charge in [-0.25, -0.2) is 0 Å². The Balaban J connectivity index is 1.82. The zero-order chi connectivity index (χ0) is 20.1. The number of furan rings is 1. The summed E-state index contributed by atoms with van der Waals surface area (Å²) in [6, 6.07) is 21.6. The summed E-state index contributed by atoms with van der Waals surface area (Å²) in [7, 11) is 0. The van der Waals surface area contributed by atoms with E-state index >= 15 is 0 Å². The number of aromatic nitrogens is 1. The quantitative estimate of drug-likeness (QED) is 0.322. The van der Waals surface area contributed by atoms with E-state index in [2.05, 4.69) is 76.2 Å². The number of aryl methyl sites for hydroxylation is 2. The van der Waals surface area contributed by atoms with Crippen molar-refractivity contribution in [3.05, 3.63) is 77.5 Å². The first-order valence-electron chi connectivity index (χ1n) is 10.3. The minimum atomic E-state index is 0.641. The Labute approximate surface area is 171 Å². The molecule has 0 saturated carbocycles. The third-order valence-electron chi connectivity index (χ3n) is 5.55. The second kappa shape index (κ2) is 6.73. The minimum absolute atomic E-state index is 0.641. The van der Waals surface area contributed by atoms with Crippen molar-refractivity contribution in [2.24, 2.45) is 5.92 Å². The van der Waals surface area contributed by atoms with Gasteiger partial charge in [0.15, 0.2) is 0 Å². The van der Waals surface area contributed by atoms with Gasteiger partial charge in [-0.15, -0.1) is 0 Å². The maximum atomic E-state index is 6.32. The lowest BCUT2D eigenvalue weighted by atomic mass is 9.96. The van der Waals surface area contributed by atoms with Crippen LogP contribution in [0.2, 0.25) is 0 Å². The van der Waals surface area contributed by atoms with Crippen LogP contribution in [0.5, 0.6) is 0 Å². The minimum Gasteiger partial charge on any atom is -0.455 e. The van der Waals surface area contributed by atoms with E-state index in [0.717, 1.165) is 45.3 Å². The molecule has 0 saturated heterocycles. The van der Waals surface area contributed by atoms with Crippen molar-refractivity contribution in [1.82, 2.24) is 4.98 Å². The number of rotatable bonds is 3. The lowest BCUT2D eigenvalue weighted by Crippen LogP contribution is -1.96. The summed E-state index contributed by atoms with van der Waals surface area (Å²) in [6.45, 7) is 8.74. The number of para-hydroxylation sites is 1. The van der Waals surface area contributed by atoms with E-state index in [4.69, 9.17) is 9.40 Å². The van der Waals surface area contributed by atoms with Crippen LogP contribution in [0.4, 0.5) is 0 Å². The molecule has 2 heteroatoms. The van der Waals surface area contributed by atoms with Crippen molar-refractivity contribution in [2.75, 3.05) is 0 Å². The van der Waals surface area contributed by atoms with Gasteiger partial charge in [0.2, 0.25) is 0 Å². The molecular weight excluding hydrogens is 354 g/mol. The summed E-state index contributed by atoms with van der Waals surface area (Å²) in [5.74, 6) is 0.641. The second-order valence-electron chi connectivity index (χ2n) is 8.55. The zero-order valence-electron chi connectivity index (χ0n) is 17.4. The predicted octanol–water partition coefficient (Wildman–Crippen LogP) is 7.62. The van der Waals surface area contributed by atoms with Crippen LogP contribution in [0.15, 0.2) is 65.1 Å². The van der Waals surface area contributed by atoms with E-state index in [-0.39, 0.29) is 0 Å². The lowest BCUT2D eigenvalue weighted by Gasteiger charge is -2.12. The van der Waals surface area contributed by atoms with Crippen LogP contribution in [0.25, 0.3) is 44.0 Å². The van der Waals surface area contributed by atoms with Crippen LogP contribution < -0.4 is 0 Å². The molecule has 2 nitrogen and oxygen atoms in total. The molecule has 144 valence electrons. The van der Waals surface area contributed by atoms with E-state index in [1.54, 1.807) is 0 Å². The van der Waals surface area contributed by atoms with Gasteiger partial charge in [0.05, 0.1) is 5.69 Å². The Hall–Kier alpha value is -3.13. The first kappa shape index (κ1) is 17.9. The van der Waals surface area contributed by atoms with Crippen LogP contribution in [0.1, 0.15) is 30.7 Å². The number of hydrogen-bond donors (Lipinski definition) is 0. The first-order valence-corrected chi connectivity index (χ1v) is 10.3. The fraction of sp³-hybridized carbons (Fsp3) is 0.222. The van der Waals surface area contributed by atoms with Gasteiger partial charge in [0, 0.05) is 27.4 Å². The number of benzene rings is 3. The monoisotopic (exact) mass is 379 g/mol. The second-order valence-corrected chi connectivity index (χ2v) is 8.55. The third-order valence-corrected chi connectivity index (χ3v) is 5.55. The first-order chi connectivity index (χ1) is 14.0. The summed E-state index contributed by atoms with van der Waals surface area (Å²) in [5.41, 5.74) is 7.53. The molecule has 2 aromatic heterocycles. The standard InChI is InChI=1S/C27H25NO/c1-16(2)11-19-9-10-21-20(15-19)14-18(4)28-26(21)24-13-17(3)12-23-22-7-5-6-8-25(22)29-27(23)24/h5-10,12-16H,11H2,1-4H3. The highest BCUT2D eigenvalue weighted by Crippen LogP contribution is 2.38. The van der Waals surface area contributed by atoms with Gasteiger partial charge in [-0.2, -0.15) is 0 Å². The van der Waals surface area contributed by atoms with Crippen LogP contribution in [0, 0.1) is 19.8 Å². The van der Waals surface area contributed by atoms with Crippen molar-refractivity contribution in [3.63, 3.8) is 0 Å². The molecule has 29 heavy (non-hydrogen) atoms. The Morgan fingerprint density at radius 1 is 0.862 bits per heavy atom. The Morgan fingerprint density at radius 2 is 1.69 bits per heavy atom. The normalized spacial score (nSPS) is 11.9. The molecule has 3 aromatic carbocycles. The van der Waals surface area contributed by atoms with Gasteiger partial charge in [-0.1, -0.05) is 50.2 Å². The lowest BCUT2D eigenvalue weighted by molar-refractivity contribution is 0.648. The number of pyridine rings is 1. The fourth-order valence-corrected chi connectivity index (χ4v) is 4.39. The van der Waals surface area contributed by atoms with Gasteiger partial charge in [-0.05, 0) is 67.0 Å². The molecule has 0 fully saturated rings. The summed E-state index contributed by atoms with van der Waals surface area (Å²) >= 11 is 0. The van der Waals surface area contributed by atoms with Crippen LogP contribution in [-0.4, -0.2) is 4.98 Å². The van der Waals surface area contributed by atoms with Crippen molar-refractivity contribution < 1.29 is 4.42 Å².